The smallest absolute Gasteiger partial charge is 0.408 e. The standard InChI is InChI=1S/C36H49O3PS/c1-22-17-26(35(9,10)11)31-29(19-22)41-30-20-23(2)18-27(36(12,13)14)32(30)39-40(38-31)37-28-16-15-24(33(3,4)5)21-25(28)34(6,7)8/h15-21H,1-14H3. The van der Waals surface area contributed by atoms with Crippen molar-refractivity contribution in [2.75, 3.05) is 0 Å². The summed E-state index contributed by atoms with van der Waals surface area (Å²) in [6.45, 7) is 31.2. The monoisotopic (exact) mass is 592 g/mol. The molecule has 3 aromatic rings. The van der Waals surface area contributed by atoms with Gasteiger partial charge < -0.3 is 13.6 Å². The number of hydrogen-bond acceptors (Lipinski definition) is 4. The van der Waals surface area contributed by atoms with Gasteiger partial charge in [-0.2, -0.15) is 0 Å². The minimum Gasteiger partial charge on any atom is -0.408 e. The predicted octanol–water partition coefficient (Wildman–Crippen LogP) is 11.7. The molecule has 0 saturated carbocycles. The number of benzene rings is 3. The summed E-state index contributed by atoms with van der Waals surface area (Å²) in [6.07, 6.45) is 0. The van der Waals surface area contributed by atoms with E-state index in [1.54, 1.807) is 11.8 Å². The van der Waals surface area contributed by atoms with E-state index in [1.807, 2.05) is 0 Å². The lowest BCUT2D eigenvalue weighted by atomic mass is 9.80. The Hall–Kier alpha value is -2.16. The molecule has 0 atom stereocenters. The molecule has 0 spiro atoms. The van der Waals surface area contributed by atoms with Crippen LogP contribution in [0.5, 0.6) is 17.2 Å². The average Bonchev–Trinajstić information content (AvgIpc) is 2.78. The molecule has 1 aliphatic rings. The van der Waals surface area contributed by atoms with Crippen LogP contribution in [0, 0.1) is 13.8 Å². The summed E-state index contributed by atoms with van der Waals surface area (Å²) in [5.74, 6) is 2.52. The number of fused-ring (bicyclic) bond motifs is 2. The molecule has 5 heteroatoms. The van der Waals surface area contributed by atoms with Gasteiger partial charge in [0.1, 0.15) is 17.2 Å². The van der Waals surface area contributed by atoms with E-state index in [0.29, 0.717) is 0 Å². The quantitative estimate of drug-likeness (QED) is 0.277. The van der Waals surface area contributed by atoms with Gasteiger partial charge in [0.25, 0.3) is 0 Å². The van der Waals surface area contributed by atoms with E-state index < -0.39 is 8.60 Å². The molecule has 222 valence electrons. The maximum absolute atomic E-state index is 6.87. The molecule has 3 aromatic carbocycles. The number of rotatable bonds is 2. The molecular weight excluding hydrogens is 543 g/mol. The van der Waals surface area contributed by atoms with E-state index in [0.717, 1.165) is 43.7 Å². The van der Waals surface area contributed by atoms with Gasteiger partial charge in [-0.3, -0.25) is 0 Å². The number of hydrogen-bond donors (Lipinski definition) is 0. The van der Waals surface area contributed by atoms with E-state index in [2.05, 4.69) is 139 Å². The number of aryl methyl sites for hydroxylation is 2. The summed E-state index contributed by atoms with van der Waals surface area (Å²) >= 11 is 1.73. The second kappa shape index (κ2) is 10.8. The molecule has 4 rings (SSSR count). The van der Waals surface area contributed by atoms with Crippen molar-refractivity contribution >= 4 is 20.4 Å². The van der Waals surface area contributed by atoms with Crippen molar-refractivity contribution in [1.82, 2.24) is 0 Å². The Morgan fingerprint density at radius 1 is 0.561 bits per heavy atom. The molecule has 41 heavy (non-hydrogen) atoms. The largest absolute Gasteiger partial charge is 0.530 e. The average molecular weight is 593 g/mol. The van der Waals surface area contributed by atoms with E-state index in [-0.39, 0.29) is 21.7 Å². The summed E-state index contributed by atoms with van der Waals surface area (Å²) in [7, 11) is -1.83. The third-order valence-corrected chi connectivity index (χ3v) is 9.45. The summed E-state index contributed by atoms with van der Waals surface area (Å²) in [5, 5.41) is 0. The zero-order valence-corrected chi connectivity index (χ0v) is 29.3. The lowest BCUT2D eigenvalue weighted by Gasteiger charge is -2.33. The van der Waals surface area contributed by atoms with Gasteiger partial charge in [-0.05, 0) is 70.4 Å². The first-order chi connectivity index (χ1) is 18.6. The van der Waals surface area contributed by atoms with Gasteiger partial charge in [0.15, 0.2) is 0 Å². The lowest BCUT2D eigenvalue weighted by molar-refractivity contribution is 0.363. The van der Waals surface area contributed by atoms with Crippen molar-refractivity contribution < 1.29 is 13.6 Å². The van der Waals surface area contributed by atoms with Crippen molar-refractivity contribution in [2.24, 2.45) is 0 Å². The van der Waals surface area contributed by atoms with Crippen LogP contribution in [0.1, 0.15) is 116 Å². The van der Waals surface area contributed by atoms with E-state index in [1.165, 1.54) is 16.7 Å². The van der Waals surface area contributed by atoms with Crippen LogP contribution in [0.25, 0.3) is 0 Å². The first-order valence-corrected chi connectivity index (χ1v) is 16.5. The molecule has 0 amide bonds. The van der Waals surface area contributed by atoms with Crippen molar-refractivity contribution in [3.63, 3.8) is 0 Å². The predicted molar refractivity (Wildman–Crippen MR) is 177 cm³/mol. The SMILES string of the molecule is Cc1cc2c(c(C(C)(C)C)c1)OP(Oc1ccc(C(C)(C)C)cc1C(C)(C)C)Oc1c(cc(C)cc1C(C)(C)C)S2. The van der Waals surface area contributed by atoms with Crippen LogP contribution >= 0.6 is 20.4 Å². The molecule has 1 heterocycles. The zero-order valence-electron chi connectivity index (χ0n) is 27.6. The Morgan fingerprint density at radius 2 is 1.00 bits per heavy atom. The highest BCUT2D eigenvalue weighted by molar-refractivity contribution is 7.99. The van der Waals surface area contributed by atoms with Gasteiger partial charge in [-0.15, -0.1) is 0 Å². The van der Waals surface area contributed by atoms with E-state index in [9.17, 15) is 0 Å². The highest BCUT2D eigenvalue weighted by atomic mass is 32.2. The summed E-state index contributed by atoms with van der Waals surface area (Å²) in [6, 6.07) is 15.5. The Morgan fingerprint density at radius 3 is 1.39 bits per heavy atom. The maximum atomic E-state index is 6.87. The molecule has 0 saturated heterocycles. The van der Waals surface area contributed by atoms with Crippen LogP contribution in [0.2, 0.25) is 0 Å². The van der Waals surface area contributed by atoms with E-state index >= 15 is 0 Å². The fourth-order valence-corrected chi connectivity index (χ4v) is 7.46. The minimum atomic E-state index is -1.83. The van der Waals surface area contributed by atoms with Gasteiger partial charge in [-0.1, -0.05) is 119 Å². The highest BCUT2D eigenvalue weighted by Crippen LogP contribution is 2.57. The Balaban J connectivity index is 1.95. The van der Waals surface area contributed by atoms with Crippen molar-refractivity contribution in [2.45, 2.75) is 128 Å². The van der Waals surface area contributed by atoms with Crippen LogP contribution in [0.15, 0.2) is 52.3 Å². The second-order valence-corrected chi connectivity index (χ2v) is 17.7. The maximum Gasteiger partial charge on any atom is 0.530 e. The van der Waals surface area contributed by atoms with Crippen LogP contribution in [-0.2, 0) is 21.7 Å². The Labute approximate surface area is 254 Å². The summed E-state index contributed by atoms with van der Waals surface area (Å²) in [4.78, 5) is 2.19. The molecule has 3 nitrogen and oxygen atoms in total. The molecular formula is C36H49O3PS. The van der Waals surface area contributed by atoms with Gasteiger partial charge in [-0.25, -0.2) is 0 Å². The fraction of sp³-hybridized carbons (Fsp3) is 0.500. The molecule has 0 aliphatic carbocycles. The third kappa shape index (κ3) is 7.08. The van der Waals surface area contributed by atoms with Gasteiger partial charge in [0.05, 0.1) is 9.79 Å². The lowest BCUT2D eigenvalue weighted by Crippen LogP contribution is -2.19. The molecule has 1 aliphatic heterocycles. The first kappa shape index (κ1) is 31.8. The summed E-state index contributed by atoms with van der Waals surface area (Å²) < 4.78 is 20.6. The molecule has 0 fully saturated rings. The van der Waals surface area contributed by atoms with Crippen LogP contribution < -0.4 is 13.6 Å². The Bertz CT molecular complexity index is 1370. The second-order valence-electron chi connectivity index (χ2n) is 15.6. The van der Waals surface area contributed by atoms with Crippen molar-refractivity contribution in [3.8, 4) is 17.2 Å². The molecule has 0 unspecified atom stereocenters. The third-order valence-electron chi connectivity index (χ3n) is 7.39. The van der Waals surface area contributed by atoms with Gasteiger partial charge in [0.2, 0.25) is 0 Å². The molecule has 0 N–H and O–H groups in total. The fourth-order valence-electron chi connectivity index (χ4n) is 5.00. The molecule has 0 aromatic heterocycles. The first-order valence-electron chi connectivity index (χ1n) is 14.6. The van der Waals surface area contributed by atoms with Gasteiger partial charge >= 0.3 is 8.60 Å². The summed E-state index contributed by atoms with van der Waals surface area (Å²) in [5.41, 5.74) is 6.86. The van der Waals surface area contributed by atoms with Crippen molar-refractivity contribution in [1.29, 1.82) is 0 Å². The topological polar surface area (TPSA) is 27.7 Å². The molecule has 0 radical (unpaired) electrons. The highest BCUT2D eigenvalue weighted by Gasteiger charge is 2.35. The van der Waals surface area contributed by atoms with Gasteiger partial charge in [0, 0.05) is 16.7 Å². The minimum absolute atomic E-state index is 0.0329. The Kier molecular flexibility index (Phi) is 8.40. The van der Waals surface area contributed by atoms with E-state index in [4.69, 9.17) is 13.6 Å². The normalized spacial score (nSPS) is 14.8. The van der Waals surface area contributed by atoms with Crippen molar-refractivity contribution in [3.05, 3.63) is 75.8 Å². The van der Waals surface area contributed by atoms with Crippen LogP contribution in [0.4, 0.5) is 0 Å². The van der Waals surface area contributed by atoms with Crippen LogP contribution in [-0.4, -0.2) is 0 Å². The molecule has 0 bridgehead atoms. The zero-order chi connectivity index (χ0) is 30.7. The van der Waals surface area contributed by atoms with Crippen LogP contribution in [0.3, 0.4) is 0 Å².